The second kappa shape index (κ2) is 7.55. The topological polar surface area (TPSA) is 53.4 Å². The van der Waals surface area contributed by atoms with Gasteiger partial charge in [0.15, 0.2) is 5.82 Å². The van der Waals surface area contributed by atoms with Crippen molar-refractivity contribution < 1.29 is 4.79 Å². The average Bonchev–Trinajstić information content (AvgIpc) is 3.02. The number of nitrogens with zero attached hydrogens (tertiary/aromatic N) is 4. The monoisotopic (exact) mass is 333 g/mol. The molecule has 1 aliphatic carbocycles. The largest absolute Gasteiger partial charge is 0.324 e. The highest BCUT2D eigenvalue weighted by atomic mass is 16.2. The summed E-state index contributed by atoms with van der Waals surface area (Å²) in [4.78, 5) is 16.5. The lowest BCUT2D eigenvalue weighted by Gasteiger charge is -2.44. The highest BCUT2D eigenvalue weighted by Crippen LogP contribution is 2.44. The first-order valence-electron chi connectivity index (χ1n) is 9.31. The van der Waals surface area contributed by atoms with E-state index in [1.165, 1.54) is 32.1 Å². The molecule has 1 saturated carbocycles. The third-order valence-electron chi connectivity index (χ3n) is 5.68. The van der Waals surface area contributed by atoms with Crippen LogP contribution in [-0.4, -0.2) is 59.3 Å². The number of likely N-dealkylation sites (tertiary alicyclic amines) is 1. The lowest BCUT2D eigenvalue weighted by molar-refractivity contribution is 0.0849. The first-order valence-corrected chi connectivity index (χ1v) is 9.31. The number of carbonyl (C=O) groups is 1. The summed E-state index contributed by atoms with van der Waals surface area (Å²) < 4.78 is 1.88. The number of aromatic nitrogens is 2. The Morgan fingerprint density at radius 1 is 1.21 bits per heavy atom. The molecular formula is C18H31N5O. The Hall–Kier alpha value is -1.56. The van der Waals surface area contributed by atoms with Crippen LogP contribution in [0.2, 0.25) is 0 Å². The summed E-state index contributed by atoms with van der Waals surface area (Å²) in [5.41, 5.74) is 0.531. The maximum absolute atomic E-state index is 12.5. The zero-order valence-corrected chi connectivity index (χ0v) is 15.1. The fourth-order valence-corrected chi connectivity index (χ4v) is 4.03. The van der Waals surface area contributed by atoms with Crippen molar-refractivity contribution in [2.45, 2.75) is 51.5 Å². The van der Waals surface area contributed by atoms with Crippen LogP contribution in [0.15, 0.2) is 12.3 Å². The molecule has 0 radical (unpaired) electrons. The molecule has 1 aromatic rings. The summed E-state index contributed by atoms with van der Waals surface area (Å²) in [5, 5.41) is 7.38. The number of hydrogen-bond donors (Lipinski definition) is 1. The summed E-state index contributed by atoms with van der Waals surface area (Å²) in [5.74, 6) is 0.650. The Morgan fingerprint density at radius 2 is 1.92 bits per heavy atom. The first kappa shape index (κ1) is 17.3. The standard InChI is InChI=1S/C18H31N5O/c1-21(2)14-15-23-11-6-16(20-23)19-17(24)22-12-9-18(10-13-22)7-4-3-5-8-18/h6,11H,3-5,7-10,12-15H2,1-2H3,(H,19,20,24). The van der Waals surface area contributed by atoms with Gasteiger partial charge in [0.05, 0.1) is 6.54 Å². The molecule has 1 saturated heterocycles. The summed E-state index contributed by atoms with van der Waals surface area (Å²) in [6, 6.07) is 1.87. The summed E-state index contributed by atoms with van der Waals surface area (Å²) in [6.45, 7) is 3.53. The van der Waals surface area contributed by atoms with Crippen LogP contribution in [0.1, 0.15) is 44.9 Å². The molecule has 6 nitrogen and oxygen atoms in total. The second-order valence-electron chi connectivity index (χ2n) is 7.75. The minimum Gasteiger partial charge on any atom is -0.324 e. The van der Waals surface area contributed by atoms with Gasteiger partial charge in [-0.25, -0.2) is 4.79 Å². The van der Waals surface area contributed by atoms with Gasteiger partial charge in [-0.3, -0.25) is 10.00 Å². The van der Waals surface area contributed by atoms with E-state index in [4.69, 9.17) is 0 Å². The van der Waals surface area contributed by atoms with Gasteiger partial charge in [0.25, 0.3) is 0 Å². The van der Waals surface area contributed by atoms with Gasteiger partial charge in [-0.15, -0.1) is 0 Å². The Bertz CT molecular complexity index is 537. The number of nitrogens with one attached hydrogen (secondary N) is 1. The molecule has 1 aliphatic heterocycles. The Labute approximate surface area is 145 Å². The molecule has 3 rings (SSSR count). The van der Waals surface area contributed by atoms with Crippen molar-refractivity contribution >= 4 is 11.8 Å². The van der Waals surface area contributed by atoms with E-state index in [-0.39, 0.29) is 6.03 Å². The maximum atomic E-state index is 12.5. The average molecular weight is 333 g/mol. The lowest BCUT2D eigenvalue weighted by Crippen LogP contribution is -2.45. The minimum absolute atomic E-state index is 0.00137. The van der Waals surface area contributed by atoms with Crippen molar-refractivity contribution in [3.8, 4) is 0 Å². The maximum Gasteiger partial charge on any atom is 0.323 e. The molecule has 1 aromatic heterocycles. The van der Waals surface area contributed by atoms with Crippen molar-refractivity contribution in [3.63, 3.8) is 0 Å². The van der Waals surface area contributed by atoms with Crippen molar-refractivity contribution in [2.24, 2.45) is 5.41 Å². The number of carbonyl (C=O) groups excluding carboxylic acids is 1. The van der Waals surface area contributed by atoms with E-state index in [2.05, 4.69) is 15.3 Å². The van der Waals surface area contributed by atoms with Crippen LogP contribution in [0.5, 0.6) is 0 Å². The van der Waals surface area contributed by atoms with Gasteiger partial charge in [-0.1, -0.05) is 19.3 Å². The molecule has 0 bridgehead atoms. The van der Waals surface area contributed by atoms with E-state index in [1.807, 2.05) is 35.9 Å². The Morgan fingerprint density at radius 3 is 2.58 bits per heavy atom. The van der Waals surface area contributed by atoms with Crippen molar-refractivity contribution in [1.29, 1.82) is 0 Å². The van der Waals surface area contributed by atoms with E-state index in [0.29, 0.717) is 11.2 Å². The second-order valence-corrected chi connectivity index (χ2v) is 7.75. The number of rotatable bonds is 4. The quantitative estimate of drug-likeness (QED) is 0.921. The molecule has 2 fully saturated rings. The third kappa shape index (κ3) is 4.29. The minimum atomic E-state index is -0.00137. The van der Waals surface area contributed by atoms with Crippen LogP contribution in [0.3, 0.4) is 0 Å². The Kier molecular flexibility index (Phi) is 5.43. The fraction of sp³-hybridized carbons (Fsp3) is 0.778. The van der Waals surface area contributed by atoms with Gasteiger partial charge in [-0.05, 0) is 45.2 Å². The highest BCUT2D eigenvalue weighted by molar-refractivity contribution is 5.88. The van der Waals surface area contributed by atoms with E-state index < -0.39 is 0 Å². The number of hydrogen-bond acceptors (Lipinski definition) is 3. The molecule has 2 aliphatic rings. The van der Waals surface area contributed by atoms with Crippen molar-refractivity contribution in [3.05, 3.63) is 12.3 Å². The number of piperidine rings is 1. The van der Waals surface area contributed by atoms with Gasteiger partial charge in [0.1, 0.15) is 0 Å². The van der Waals surface area contributed by atoms with E-state index in [0.717, 1.165) is 39.0 Å². The van der Waals surface area contributed by atoms with Crippen LogP contribution in [0, 0.1) is 5.41 Å². The number of amides is 2. The normalized spacial score (nSPS) is 20.5. The number of anilines is 1. The van der Waals surface area contributed by atoms with Crippen molar-refractivity contribution in [2.75, 3.05) is 39.0 Å². The third-order valence-corrected chi connectivity index (χ3v) is 5.68. The summed E-state index contributed by atoms with van der Waals surface area (Å²) in [6.07, 6.45) is 11.1. The van der Waals surface area contributed by atoms with Crippen LogP contribution < -0.4 is 5.32 Å². The van der Waals surface area contributed by atoms with Gasteiger partial charge in [0, 0.05) is 31.9 Å². The van der Waals surface area contributed by atoms with E-state index >= 15 is 0 Å². The highest BCUT2D eigenvalue weighted by Gasteiger charge is 2.36. The molecule has 0 aromatic carbocycles. The van der Waals surface area contributed by atoms with Crippen LogP contribution in [0.25, 0.3) is 0 Å². The smallest absolute Gasteiger partial charge is 0.323 e. The molecular weight excluding hydrogens is 302 g/mol. The van der Waals surface area contributed by atoms with Gasteiger partial charge in [-0.2, -0.15) is 5.10 Å². The zero-order valence-electron chi connectivity index (χ0n) is 15.1. The predicted molar refractivity (Wildman–Crippen MR) is 96.1 cm³/mol. The molecule has 0 unspecified atom stereocenters. The van der Waals surface area contributed by atoms with Gasteiger partial charge < -0.3 is 9.80 Å². The van der Waals surface area contributed by atoms with E-state index in [9.17, 15) is 4.79 Å². The predicted octanol–water partition coefficient (Wildman–Crippen LogP) is 3.02. The first-order chi connectivity index (χ1) is 11.6. The molecule has 1 spiro atoms. The Balaban J connectivity index is 1.47. The summed E-state index contributed by atoms with van der Waals surface area (Å²) >= 11 is 0. The number of urea groups is 1. The fourth-order valence-electron chi connectivity index (χ4n) is 4.03. The molecule has 24 heavy (non-hydrogen) atoms. The number of likely N-dealkylation sites (N-methyl/N-ethyl adjacent to an activating group) is 1. The van der Waals surface area contributed by atoms with Crippen molar-refractivity contribution in [1.82, 2.24) is 19.6 Å². The lowest BCUT2D eigenvalue weighted by atomic mass is 9.68. The molecule has 2 heterocycles. The molecule has 1 N–H and O–H groups in total. The summed E-state index contributed by atoms with van der Waals surface area (Å²) in [7, 11) is 4.09. The van der Waals surface area contributed by atoms with Crippen LogP contribution in [0.4, 0.5) is 10.6 Å². The SMILES string of the molecule is CN(C)CCn1ccc(NC(=O)N2CCC3(CCCCC3)CC2)n1. The van der Waals surface area contributed by atoms with Crippen LogP contribution >= 0.6 is 0 Å². The van der Waals surface area contributed by atoms with E-state index in [1.54, 1.807) is 0 Å². The molecule has 2 amide bonds. The van der Waals surface area contributed by atoms with Gasteiger partial charge in [0.2, 0.25) is 0 Å². The zero-order chi connectivity index (χ0) is 17.0. The van der Waals surface area contributed by atoms with Gasteiger partial charge >= 0.3 is 6.03 Å². The molecule has 134 valence electrons. The molecule has 6 heteroatoms. The van der Waals surface area contributed by atoms with Crippen LogP contribution in [-0.2, 0) is 6.54 Å². The molecule has 0 atom stereocenters.